The predicted octanol–water partition coefficient (Wildman–Crippen LogP) is 5.24. The van der Waals surface area contributed by atoms with E-state index in [-0.39, 0.29) is 17.3 Å². The molecule has 0 aliphatic carbocycles. The molecular formula is C27H29BrClN3O4S. The van der Waals surface area contributed by atoms with Gasteiger partial charge in [0.2, 0.25) is 11.8 Å². The molecule has 0 bridgehead atoms. The number of anilines is 1. The Morgan fingerprint density at radius 1 is 1.00 bits per heavy atom. The highest BCUT2D eigenvalue weighted by molar-refractivity contribution is 9.10. The van der Waals surface area contributed by atoms with Crippen molar-refractivity contribution in [3.8, 4) is 0 Å². The average molecular weight is 607 g/mol. The summed E-state index contributed by atoms with van der Waals surface area (Å²) in [6.07, 6.45) is 0.739. The number of carbonyl (C=O) groups excluding carboxylic acids is 2. The second-order valence-corrected chi connectivity index (χ2v) is 11.6. The molecule has 0 saturated carbocycles. The molecule has 196 valence electrons. The largest absolute Gasteiger partial charge is 0.354 e. The summed E-state index contributed by atoms with van der Waals surface area (Å²) in [7, 11) is -4.10. The number of benzene rings is 3. The van der Waals surface area contributed by atoms with Crippen molar-refractivity contribution < 1.29 is 18.0 Å². The number of carbonyl (C=O) groups is 2. The Kier molecular flexibility index (Phi) is 10.1. The Labute approximate surface area is 231 Å². The van der Waals surface area contributed by atoms with Crippen LogP contribution in [-0.4, -0.2) is 44.3 Å². The van der Waals surface area contributed by atoms with Gasteiger partial charge in [-0.1, -0.05) is 76.9 Å². The first-order valence-electron chi connectivity index (χ1n) is 11.8. The van der Waals surface area contributed by atoms with E-state index in [1.165, 1.54) is 17.0 Å². The number of nitrogens with one attached hydrogen (secondary N) is 1. The monoisotopic (exact) mass is 605 g/mol. The van der Waals surface area contributed by atoms with Gasteiger partial charge >= 0.3 is 0 Å². The molecular weight excluding hydrogens is 578 g/mol. The van der Waals surface area contributed by atoms with Gasteiger partial charge in [0.15, 0.2) is 0 Å². The Morgan fingerprint density at radius 2 is 1.68 bits per heavy atom. The number of halogens is 2. The molecule has 1 atom stereocenters. The van der Waals surface area contributed by atoms with Gasteiger partial charge in [0.25, 0.3) is 10.0 Å². The molecule has 0 saturated heterocycles. The van der Waals surface area contributed by atoms with E-state index in [2.05, 4.69) is 21.2 Å². The zero-order valence-corrected chi connectivity index (χ0v) is 23.8. The summed E-state index contributed by atoms with van der Waals surface area (Å²) in [5.41, 5.74) is 0.958. The molecule has 7 nitrogen and oxygen atoms in total. The zero-order valence-electron chi connectivity index (χ0n) is 20.6. The van der Waals surface area contributed by atoms with Crippen LogP contribution in [0, 0.1) is 0 Å². The summed E-state index contributed by atoms with van der Waals surface area (Å²) >= 11 is 9.75. The van der Waals surface area contributed by atoms with Crippen molar-refractivity contribution in [1.82, 2.24) is 10.2 Å². The molecule has 0 spiro atoms. The van der Waals surface area contributed by atoms with Crippen LogP contribution in [0.15, 0.2) is 88.2 Å². The number of hydrogen-bond donors (Lipinski definition) is 1. The van der Waals surface area contributed by atoms with Crippen LogP contribution in [0.5, 0.6) is 0 Å². The molecule has 2 amide bonds. The third-order valence-corrected chi connectivity index (χ3v) is 8.37. The average Bonchev–Trinajstić information content (AvgIpc) is 2.89. The number of nitrogens with zero attached hydrogens (tertiary/aromatic N) is 2. The summed E-state index contributed by atoms with van der Waals surface area (Å²) in [6.45, 7) is 3.54. The van der Waals surface area contributed by atoms with Crippen LogP contribution in [0.1, 0.15) is 25.8 Å². The summed E-state index contributed by atoms with van der Waals surface area (Å²) in [6, 6.07) is 20.8. The third-order valence-electron chi connectivity index (χ3n) is 5.72. The molecule has 0 heterocycles. The summed E-state index contributed by atoms with van der Waals surface area (Å²) in [4.78, 5) is 28.1. The molecule has 0 fully saturated rings. The Morgan fingerprint density at radius 3 is 2.32 bits per heavy atom. The predicted molar refractivity (Wildman–Crippen MR) is 150 cm³/mol. The van der Waals surface area contributed by atoms with Gasteiger partial charge < -0.3 is 10.2 Å². The topological polar surface area (TPSA) is 86.8 Å². The summed E-state index contributed by atoms with van der Waals surface area (Å²) in [5.74, 6) is -0.874. The lowest BCUT2D eigenvalue weighted by Gasteiger charge is -2.32. The molecule has 0 radical (unpaired) electrons. The van der Waals surface area contributed by atoms with Crippen LogP contribution >= 0.6 is 27.5 Å². The minimum Gasteiger partial charge on any atom is -0.354 e. The lowest BCUT2D eigenvalue weighted by Crippen LogP contribution is -2.51. The summed E-state index contributed by atoms with van der Waals surface area (Å²) < 4.78 is 29.1. The normalized spacial score (nSPS) is 12.0. The lowest BCUT2D eigenvalue weighted by molar-refractivity contribution is -0.139. The van der Waals surface area contributed by atoms with Gasteiger partial charge in [-0.25, -0.2) is 8.42 Å². The molecule has 0 aliphatic rings. The Bertz CT molecular complexity index is 1340. The van der Waals surface area contributed by atoms with E-state index in [4.69, 9.17) is 11.6 Å². The lowest BCUT2D eigenvalue weighted by atomic mass is 10.1. The standard InChI is InChI=1S/C27H29BrClN3O4S/c1-3-16-30-27(34)20(2)31(18-21-10-7-8-15-25(21)29)26(33)19-32(23-12-9-11-22(28)17-23)37(35,36)24-13-5-4-6-14-24/h4-15,17,20H,3,16,18-19H2,1-2H3,(H,30,34). The molecule has 10 heteroatoms. The van der Waals surface area contributed by atoms with Crippen LogP contribution in [0.2, 0.25) is 5.02 Å². The van der Waals surface area contributed by atoms with E-state index in [1.54, 1.807) is 73.7 Å². The maximum Gasteiger partial charge on any atom is 0.264 e. The van der Waals surface area contributed by atoms with Crippen LogP contribution in [-0.2, 0) is 26.2 Å². The van der Waals surface area contributed by atoms with E-state index in [1.807, 2.05) is 6.92 Å². The van der Waals surface area contributed by atoms with E-state index in [9.17, 15) is 18.0 Å². The first kappa shape index (κ1) is 28.7. The van der Waals surface area contributed by atoms with E-state index in [0.29, 0.717) is 27.3 Å². The molecule has 3 aromatic carbocycles. The maximum absolute atomic E-state index is 13.8. The minimum atomic E-state index is -4.10. The maximum atomic E-state index is 13.8. The highest BCUT2D eigenvalue weighted by atomic mass is 79.9. The van der Waals surface area contributed by atoms with Crippen molar-refractivity contribution >= 4 is 55.1 Å². The molecule has 3 rings (SSSR count). The zero-order chi connectivity index (χ0) is 27.0. The molecule has 1 N–H and O–H groups in total. The quantitative estimate of drug-likeness (QED) is 0.323. The van der Waals surface area contributed by atoms with Gasteiger partial charge in [0.1, 0.15) is 12.6 Å². The molecule has 1 unspecified atom stereocenters. The van der Waals surface area contributed by atoms with E-state index in [0.717, 1.165) is 10.7 Å². The van der Waals surface area contributed by atoms with Crippen LogP contribution in [0.4, 0.5) is 5.69 Å². The van der Waals surface area contributed by atoms with Crippen LogP contribution in [0.3, 0.4) is 0 Å². The van der Waals surface area contributed by atoms with Crippen LogP contribution in [0.25, 0.3) is 0 Å². The minimum absolute atomic E-state index is 0.0386. The number of hydrogen-bond acceptors (Lipinski definition) is 4. The van der Waals surface area contributed by atoms with Crippen molar-refractivity contribution in [2.75, 3.05) is 17.4 Å². The third kappa shape index (κ3) is 7.34. The van der Waals surface area contributed by atoms with Gasteiger partial charge in [-0.3, -0.25) is 13.9 Å². The molecule has 0 aromatic heterocycles. The Hall–Kier alpha value is -2.88. The van der Waals surface area contributed by atoms with Crippen molar-refractivity contribution in [3.63, 3.8) is 0 Å². The fourth-order valence-electron chi connectivity index (χ4n) is 3.67. The first-order chi connectivity index (χ1) is 17.6. The van der Waals surface area contributed by atoms with Crippen molar-refractivity contribution in [2.24, 2.45) is 0 Å². The Balaban J connectivity index is 2.02. The molecule has 0 aliphatic heterocycles. The van der Waals surface area contributed by atoms with Crippen molar-refractivity contribution in [3.05, 3.63) is 93.9 Å². The number of rotatable bonds is 11. The van der Waals surface area contributed by atoms with Crippen LogP contribution < -0.4 is 9.62 Å². The highest BCUT2D eigenvalue weighted by Crippen LogP contribution is 2.27. The fraction of sp³-hybridized carbons (Fsp3) is 0.259. The summed E-state index contributed by atoms with van der Waals surface area (Å²) in [5, 5.41) is 3.26. The van der Waals surface area contributed by atoms with Gasteiger partial charge in [-0.15, -0.1) is 0 Å². The molecule has 37 heavy (non-hydrogen) atoms. The van der Waals surface area contributed by atoms with Gasteiger partial charge in [-0.2, -0.15) is 0 Å². The van der Waals surface area contributed by atoms with E-state index < -0.39 is 28.5 Å². The van der Waals surface area contributed by atoms with Gasteiger partial charge in [0, 0.05) is 22.6 Å². The number of amides is 2. The fourth-order valence-corrected chi connectivity index (χ4v) is 5.68. The van der Waals surface area contributed by atoms with Crippen molar-refractivity contribution in [2.45, 2.75) is 37.8 Å². The first-order valence-corrected chi connectivity index (χ1v) is 14.4. The van der Waals surface area contributed by atoms with Gasteiger partial charge in [0.05, 0.1) is 10.6 Å². The second kappa shape index (κ2) is 13.1. The number of sulfonamides is 1. The SMILES string of the molecule is CCCNC(=O)C(C)N(Cc1ccccc1Cl)C(=O)CN(c1cccc(Br)c1)S(=O)(=O)c1ccccc1. The second-order valence-electron chi connectivity index (χ2n) is 8.38. The van der Waals surface area contributed by atoms with Crippen molar-refractivity contribution in [1.29, 1.82) is 0 Å². The molecule has 3 aromatic rings. The van der Waals surface area contributed by atoms with E-state index >= 15 is 0 Å². The van der Waals surface area contributed by atoms with Gasteiger partial charge in [-0.05, 0) is 55.3 Å². The highest BCUT2D eigenvalue weighted by Gasteiger charge is 2.32. The smallest absolute Gasteiger partial charge is 0.264 e.